The summed E-state index contributed by atoms with van der Waals surface area (Å²) in [7, 11) is -4.42. The minimum absolute atomic E-state index is 0.0914. The first-order valence-electron chi connectivity index (χ1n) is 14.1. The highest BCUT2D eigenvalue weighted by molar-refractivity contribution is 7.80. The smallest absolute Gasteiger partial charge is 0.247 e. The Morgan fingerprint density at radius 1 is 0.853 bits per heavy atom. The molecule has 0 aromatic rings. The van der Waals surface area contributed by atoms with E-state index in [0.717, 1.165) is 19.6 Å². The zero-order valence-electron chi connectivity index (χ0n) is 22.6. The van der Waals surface area contributed by atoms with Crippen molar-refractivity contribution in [3.63, 3.8) is 0 Å². The van der Waals surface area contributed by atoms with Crippen LogP contribution in [0.2, 0.25) is 0 Å². The second-order valence-electron chi connectivity index (χ2n) is 9.29. The van der Waals surface area contributed by atoms with Gasteiger partial charge < -0.3 is 10.3 Å². The molecule has 0 radical (unpaired) electrons. The highest BCUT2D eigenvalue weighted by atomic mass is 32.3. The SMILES string of the molecule is CCCCCCCCCCCCCCCCCC1=[N+](CCN)CCN1CC.CCOS(=O)(=O)[O-]. The fourth-order valence-electron chi connectivity index (χ4n) is 4.55. The molecule has 0 aromatic carbocycles. The highest BCUT2D eigenvalue weighted by Crippen LogP contribution is 2.15. The number of nitrogens with two attached hydrogens (primary N) is 1. The molecule has 0 aliphatic carbocycles. The third kappa shape index (κ3) is 19.6. The van der Waals surface area contributed by atoms with E-state index in [1.807, 2.05) is 0 Å². The maximum absolute atomic E-state index is 9.45. The quantitative estimate of drug-likeness (QED) is 0.0965. The summed E-state index contributed by atoms with van der Waals surface area (Å²) in [6, 6.07) is 0. The van der Waals surface area contributed by atoms with Crippen molar-refractivity contribution in [3.8, 4) is 0 Å². The third-order valence-corrected chi connectivity index (χ3v) is 6.94. The summed E-state index contributed by atoms with van der Waals surface area (Å²) in [6.07, 6.45) is 22.8. The van der Waals surface area contributed by atoms with Crippen molar-refractivity contribution < 1.29 is 21.7 Å². The van der Waals surface area contributed by atoms with Crippen LogP contribution in [-0.4, -0.2) is 67.6 Å². The monoisotopic (exact) mass is 505 g/mol. The van der Waals surface area contributed by atoms with Gasteiger partial charge in [-0.15, -0.1) is 0 Å². The van der Waals surface area contributed by atoms with Crippen molar-refractivity contribution in [2.24, 2.45) is 5.73 Å². The molecule has 34 heavy (non-hydrogen) atoms. The van der Waals surface area contributed by atoms with Gasteiger partial charge in [-0.05, 0) is 20.3 Å². The number of nitrogens with zero attached hydrogens (tertiary/aromatic N) is 2. The minimum Gasteiger partial charge on any atom is -0.726 e. The molecule has 0 unspecified atom stereocenters. The van der Waals surface area contributed by atoms with Crippen LogP contribution in [0.5, 0.6) is 0 Å². The van der Waals surface area contributed by atoms with E-state index in [1.165, 1.54) is 123 Å². The average Bonchev–Trinajstić information content (AvgIpc) is 3.18. The van der Waals surface area contributed by atoms with Crippen molar-refractivity contribution in [1.29, 1.82) is 0 Å². The predicted octanol–water partition coefficient (Wildman–Crippen LogP) is 5.44. The van der Waals surface area contributed by atoms with Gasteiger partial charge in [0, 0.05) is 13.0 Å². The van der Waals surface area contributed by atoms with Crippen molar-refractivity contribution in [1.82, 2.24) is 4.90 Å². The van der Waals surface area contributed by atoms with Gasteiger partial charge in [0.2, 0.25) is 16.2 Å². The van der Waals surface area contributed by atoms with Gasteiger partial charge in [0.15, 0.2) is 0 Å². The third-order valence-electron chi connectivity index (χ3n) is 6.42. The maximum Gasteiger partial charge on any atom is 0.247 e. The Kier molecular flexibility index (Phi) is 22.3. The summed E-state index contributed by atoms with van der Waals surface area (Å²) >= 11 is 0. The number of rotatable bonds is 21. The molecule has 0 saturated carbocycles. The van der Waals surface area contributed by atoms with E-state index < -0.39 is 10.4 Å². The topological polar surface area (TPSA) is 98.7 Å². The molecular weight excluding hydrogens is 450 g/mol. The fraction of sp³-hybridized carbons (Fsp3) is 0.962. The van der Waals surface area contributed by atoms with Crippen LogP contribution in [-0.2, 0) is 14.6 Å². The first kappa shape index (κ1) is 33.3. The largest absolute Gasteiger partial charge is 0.726 e. The molecule has 2 N–H and O–H groups in total. The maximum atomic E-state index is 9.45. The molecule has 0 fully saturated rings. The van der Waals surface area contributed by atoms with E-state index in [0.29, 0.717) is 0 Å². The van der Waals surface area contributed by atoms with Crippen LogP contribution in [0.3, 0.4) is 0 Å². The van der Waals surface area contributed by atoms with E-state index in [9.17, 15) is 13.0 Å². The summed E-state index contributed by atoms with van der Waals surface area (Å²) in [4.78, 5) is 2.56. The van der Waals surface area contributed by atoms with Crippen LogP contribution in [0.25, 0.3) is 0 Å². The summed E-state index contributed by atoms with van der Waals surface area (Å²) in [6.45, 7) is 11.2. The summed E-state index contributed by atoms with van der Waals surface area (Å²) in [5.41, 5.74) is 5.77. The minimum atomic E-state index is -4.42. The van der Waals surface area contributed by atoms with Crippen LogP contribution in [0.1, 0.15) is 124 Å². The van der Waals surface area contributed by atoms with Gasteiger partial charge in [-0.1, -0.05) is 96.8 Å². The van der Waals surface area contributed by atoms with Crippen LogP contribution in [0.4, 0.5) is 0 Å². The van der Waals surface area contributed by atoms with Crippen LogP contribution in [0, 0.1) is 0 Å². The lowest BCUT2D eigenvalue weighted by Crippen LogP contribution is -2.30. The van der Waals surface area contributed by atoms with Crippen molar-refractivity contribution in [2.75, 3.05) is 39.3 Å². The second kappa shape index (κ2) is 22.7. The Morgan fingerprint density at radius 3 is 1.68 bits per heavy atom. The Labute approximate surface area is 211 Å². The number of unbranched alkanes of at least 4 members (excludes halogenated alkanes) is 14. The van der Waals surface area contributed by atoms with Gasteiger partial charge in [-0.3, -0.25) is 13.7 Å². The normalized spacial score (nSPS) is 14.0. The van der Waals surface area contributed by atoms with E-state index in [-0.39, 0.29) is 6.61 Å². The van der Waals surface area contributed by atoms with Gasteiger partial charge in [-0.25, -0.2) is 8.42 Å². The summed E-state index contributed by atoms with van der Waals surface area (Å²) in [5, 5.41) is 0. The van der Waals surface area contributed by atoms with Gasteiger partial charge in [-0.2, -0.15) is 0 Å². The predicted molar refractivity (Wildman–Crippen MR) is 142 cm³/mol. The fourth-order valence-corrected chi connectivity index (χ4v) is 4.84. The van der Waals surface area contributed by atoms with E-state index >= 15 is 0 Å². The lowest BCUT2D eigenvalue weighted by Gasteiger charge is -2.11. The summed E-state index contributed by atoms with van der Waals surface area (Å²) in [5.74, 6) is 1.57. The number of likely N-dealkylation sites (N-methyl/N-ethyl adjacent to an activating group) is 1. The molecule has 204 valence electrons. The molecule has 1 aliphatic heterocycles. The molecule has 0 amide bonds. The molecule has 0 atom stereocenters. The van der Waals surface area contributed by atoms with Gasteiger partial charge in [0.1, 0.15) is 13.1 Å². The van der Waals surface area contributed by atoms with Crippen LogP contribution < -0.4 is 5.73 Å². The lowest BCUT2D eigenvalue weighted by atomic mass is 10.0. The Bertz CT molecular complexity index is 597. The molecule has 0 aromatic heterocycles. The standard InChI is InChI=1S/C24H50N3.C2H6O4S/c1-3-5-6-7-8-9-10-11-12-13-14-15-16-17-18-19-24-26(4-2)22-23-27(24)21-20-25;1-2-6-7(3,4)5/h3-23,25H2,1-2H3;2H2,1H3,(H,3,4,5)/q+1;/p-1. The molecule has 0 bridgehead atoms. The molecule has 1 rings (SSSR count). The van der Waals surface area contributed by atoms with Crippen molar-refractivity contribution in [2.45, 2.75) is 124 Å². The lowest BCUT2D eigenvalue weighted by molar-refractivity contribution is -0.516. The Hall–Kier alpha value is -0.700. The zero-order chi connectivity index (χ0) is 25.5. The number of hydrogen-bond donors (Lipinski definition) is 1. The first-order chi connectivity index (χ1) is 16.4. The van der Waals surface area contributed by atoms with Gasteiger partial charge in [0.05, 0.1) is 19.7 Å². The first-order valence-corrected chi connectivity index (χ1v) is 15.4. The van der Waals surface area contributed by atoms with Gasteiger partial charge in [0.25, 0.3) is 0 Å². The molecule has 1 aliphatic rings. The number of amidine groups is 1. The Morgan fingerprint density at radius 2 is 1.32 bits per heavy atom. The van der Waals surface area contributed by atoms with E-state index in [4.69, 9.17) is 5.73 Å². The van der Waals surface area contributed by atoms with Crippen molar-refractivity contribution >= 4 is 16.2 Å². The van der Waals surface area contributed by atoms with Crippen molar-refractivity contribution in [3.05, 3.63) is 0 Å². The van der Waals surface area contributed by atoms with Crippen LogP contribution >= 0.6 is 0 Å². The van der Waals surface area contributed by atoms with E-state index in [1.54, 1.807) is 5.84 Å². The molecule has 1 heterocycles. The molecule has 0 spiro atoms. The average molecular weight is 506 g/mol. The van der Waals surface area contributed by atoms with Gasteiger partial charge >= 0.3 is 0 Å². The molecule has 7 nitrogen and oxygen atoms in total. The zero-order valence-corrected chi connectivity index (χ0v) is 23.4. The van der Waals surface area contributed by atoms with Crippen LogP contribution in [0.15, 0.2) is 0 Å². The second-order valence-corrected chi connectivity index (χ2v) is 10.3. The van der Waals surface area contributed by atoms with E-state index in [2.05, 4.69) is 27.5 Å². The molecule has 0 saturated heterocycles. The number of hydrogen-bond acceptors (Lipinski definition) is 6. The molecule has 8 heteroatoms. The Balaban J connectivity index is 0.00000135. The molecular formula is C26H55N3O4S. The highest BCUT2D eigenvalue weighted by Gasteiger charge is 2.27. The summed E-state index contributed by atoms with van der Waals surface area (Å²) < 4.78 is 34.5.